The number of thiophene rings is 1. The first-order valence-electron chi connectivity index (χ1n) is 16.1. The smallest absolute Gasteiger partial charge is 0.351 e. The van der Waals surface area contributed by atoms with Crippen molar-refractivity contribution in [2.24, 2.45) is 5.92 Å². The van der Waals surface area contributed by atoms with Crippen LogP contribution in [0.1, 0.15) is 64.1 Å². The average molecular weight is 733 g/mol. The summed E-state index contributed by atoms with van der Waals surface area (Å²) >= 11 is 2.58. The van der Waals surface area contributed by atoms with Gasteiger partial charge in [-0.1, -0.05) is 49.4 Å². The van der Waals surface area contributed by atoms with E-state index in [-0.39, 0.29) is 40.4 Å². The molecule has 1 spiro atoms. The maximum atomic E-state index is 13.7. The highest BCUT2D eigenvalue weighted by atomic mass is 32.1. The van der Waals surface area contributed by atoms with Crippen LogP contribution in [0.15, 0.2) is 71.4 Å². The third kappa shape index (κ3) is 7.97. The number of piperidine rings is 1. The van der Waals surface area contributed by atoms with Gasteiger partial charge in [-0.25, -0.2) is 4.98 Å². The number of benzene rings is 2. The summed E-state index contributed by atoms with van der Waals surface area (Å²) in [7, 11) is 0. The van der Waals surface area contributed by atoms with Crippen LogP contribution in [-0.2, 0) is 40.3 Å². The number of aromatic nitrogens is 1. The van der Waals surface area contributed by atoms with Gasteiger partial charge in [0.2, 0.25) is 11.8 Å². The molecule has 1 aliphatic carbocycles. The van der Waals surface area contributed by atoms with E-state index >= 15 is 0 Å². The number of allylic oxidation sites excluding steroid dienone is 1. The van der Waals surface area contributed by atoms with Crippen LogP contribution in [0.3, 0.4) is 0 Å². The summed E-state index contributed by atoms with van der Waals surface area (Å²) in [6.07, 6.45) is -4.22. The van der Waals surface area contributed by atoms with E-state index in [1.54, 1.807) is 5.38 Å². The Kier molecular flexibility index (Phi) is 10.2. The van der Waals surface area contributed by atoms with Gasteiger partial charge in [0.1, 0.15) is 0 Å². The summed E-state index contributed by atoms with van der Waals surface area (Å²) in [5.74, 6) is -1.47. The standard InChI is InChI=1S/C36H34F6N4O2S2/c1-22-20-46(13-11-34(22)10-8-24-5-2-3-7-29(24)34)12-9-28(30-21-50-33(44-30)45-31(47)18-27-6-4-14-49-27)32(48)43-19-23-15-25(35(37,38)39)17-26(16-23)36(40,41)42/h2-8,10,14-17,21-22,28H,9,11-13,18-20H2,1H3,(H,43,48)(H,44,45,47)/t22-,28?,34+/m0/s1. The molecule has 50 heavy (non-hydrogen) atoms. The van der Waals surface area contributed by atoms with Crippen LogP contribution in [-0.4, -0.2) is 41.3 Å². The Morgan fingerprint density at radius 2 is 1.76 bits per heavy atom. The second-order valence-electron chi connectivity index (χ2n) is 12.8. The lowest BCUT2D eigenvalue weighted by Gasteiger charge is -2.44. The molecule has 0 saturated carbocycles. The van der Waals surface area contributed by atoms with E-state index < -0.39 is 41.8 Å². The molecule has 2 aromatic heterocycles. The number of halogens is 6. The molecule has 1 unspecified atom stereocenters. The maximum absolute atomic E-state index is 13.7. The van der Waals surface area contributed by atoms with Gasteiger partial charge in [0, 0.05) is 28.8 Å². The summed E-state index contributed by atoms with van der Waals surface area (Å²) in [5, 5.41) is 9.11. The van der Waals surface area contributed by atoms with E-state index in [0.29, 0.717) is 30.8 Å². The third-order valence-corrected chi connectivity index (χ3v) is 11.1. The van der Waals surface area contributed by atoms with Crippen LogP contribution in [0.2, 0.25) is 0 Å². The van der Waals surface area contributed by atoms with Crippen molar-refractivity contribution in [3.05, 3.63) is 110 Å². The molecule has 4 aromatic rings. The molecule has 0 radical (unpaired) electrons. The first-order valence-corrected chi connectivity index (χ1v) is 17.8. The van der Waals surface area contributed by atoms with E-state index in [1.165, 1.54) is 22.5 Å². The zero-order chi connectivity index (χ0) is 35.7. The van der Waals surface area contributed by atoms with Crippen LogP contribution in [0.5, 0.6) is 0 Å². The molecule has 6 rings (SSSR count). The molecular formula is C36H34F6N4O2S2. The SMILES string of the molecule is C[C@H]1CN(CCC(C(=O)NCc2cc(C(F)(F)F)cc(C(F)(F)F)c2)c2csc(NC(=O)Cc3cccs3)n2)CC[C@]12C=Cc1ccccc12. The molecular weight excluding hydrogens is 699 g/mol. The molecule has 1 saturated heterocycles. The molecule has 3 atom stereocenters. The van der Waals surface area contributed by atoms with E-state index in [9.17, 15) is 35.9 Å². The first-order chi connectivity index (χ1) is 23.7. The topological polar surface area (TPSA) is 74.3 Å². The van der Waals surface area contributed by atoms with Crippen molar-refractivity contribution < 1.29 is 35.9 Å². The second kappa shape index (κ2) is 14.3. The Labute approximate surface area is 293 Å². The predicted octanol–water partition coefficient (Wildman–Crippen LogP) is 8.52. The van der Waals surface area contributed by atoms with Crippen LogP contribution in [0.4, 0.5) is 31.5 Å². The van der Waals surface area contributed by atoms with Crippen molar-refractivity contribution in [1.29, 1.82) is 0 Å². The Hall–Kier alpha value is -4.01. The predicted molar refractivity (Wildman–Crippen MR) is 182 cm³/mol. The average Bonchev–Trinajstić information content (AvgIpc) is 3.83. The summed E-state index contributed by atoms with van der Waals surface area (Å²) in [6.45, 7) is 3.69. The maximum Gasteiger partial charge on any atom is 0.416 e. The van der Waals surface area contributed by atoms with Crippen molar-refractivity contribution in [1.82, 2.24) is 15.2 Å². The van der Waals surface area contributed by atoms with Gasteiger partial charge in [-0.2, -0.15) is 26.3 Å². The molecule has 3 heterocycles. The van der Waals surface area contributed by atoms with Gasteiger partial charge in [0.25, 0.3) is 0 Å². The molecule has 2 aliphatic rings. The largest absolute Gasteiger partial charge is 0.416 e. The minimum absolute atomic E-state index is 0.0569. The van der Waals surface area contributed by atoms with Gasteiger partial charge < -0.3 is 15.5 Å². The quantitative estimate of drug-likeness (QED) is 0.161. The number of hydrogen-bond acceptors (Lipinski definition) is 6. The minimum Gasteiger partial charge on any atom is -0.351 e. The highest BCUT2D eigenvalue weighted by Crippen LogP contribution is 2.47. The number of nitrogens with zero attached hydrogens (tertiary/aromatic N) is 2. The molecule has 2 amide bonds. The number of thiazole rings is 1. The van der Waals surface area contributed by atoms with E-state index in [1.807, 2.05) is 29.6 Å². The van der Waals surface area contributed by atoms with Crippen LogP contribution in [0.25, 0.3) is 6.08 Å². The summed E-state index contributed by atoms with van der Waals surface area (Å²) < 4.78 is 80.7. The number of rotatable bonds is 10. The Balaban J connectivity index is 1.17. The van der Waals surface area contributed by atoms with Crippen molar-refractivity contribution in [3.8, 4) is 0 Å². The van der Waals surface area contributed by atoms with Crippen molar-refractivity contribution in [3.63, 3.8) is 0 Å². The number of alkyl halides is 6. The van der Waals surface area contributed by atoms with Crippen LogP contribution in [0, 0.1) is 5.92 Å². The molecule has 0 bridgehead atoms. The lowest BCUT2D eigenvalue weighted by Crippen LogP contribution is -2.48. The number of amides is 2. The number of hydrogen-bond donors (Lipinski definition) is 2. The molecule has 264 valence electrons. The number of fused-ring (bicyclic) bond motifs is 2. The fraction of sp³-hybridized carbons (Fsp3) is 0.361. The fourth-order valence-corrected chi connectivity index (χ4v) is 8.36. The summed E-state index contributed by atoms with van der Waals surface area (Å²) in [6, 6.07) is 13.3. The van der Waals surface area contributed by atoms with E-state index in [4.69, 9.17) is 0 Å². The third-order valence-electron chi connectivity index (χ3n) is 9.48. The number of nitrogens with one attached hydrogen (secondary N) is 2. The van der Waals surface area contributed by atoms with Crippen molar-refractivity contribution in [2.75, 3.05) is 25.0 Å². The highest BCUT2D eigenvalue weighted by Gasteiger charge is 2.43. The highest BCUT2D eigenvalue weighted by molar-refractivity contribution is 7.14. The zero-order valence-corrected chi connectivity index (χ0v) is 28.5. The first kappa shape index (κ1) is 35.8. The molecule has 1 fully saturated rings. The van der Waals surface area contributed by atoms with Crippen molar-refractivity contribution in [2.45, 2.75) is 56.4 Å². The normalized spacial score (nSPS) is 19.8. The van der Waals surface area contributed by atoms with Crippen molar-refractivity contribution >= 4 is 45.7 Å². The second-order valence-corrected chi connectivity index (χ2v) is 14.7. The number of anilines is 1. The zero-order valence-electron chi connectivity index (χ0n) is 26.9. The van der Waals surface area contributed by atoms with Gasteiger partial charge in [0.15, 0.2) is 5.13 Å². The molecule has 14 heteroatoms. The molecule has 2 aromatic carbocycles. The van der Waals surface area contributed by atoms with Crippen LogP contribution < -0.4 is 10.6 Å². The van der Waals surface area contributed by atoms with Gasteiger partial charge in [-0.3, -0.25) is 9.59 Å². The van der Waals surface area contributed by atoms with Gasteiger partial charge in [-0.15, -0.1) is 22.7 Å². The Morgan fingerprint density at radius 1 is 1.02 bits per heavy atom. The molecule has 6 nitrogen and oxygen atoms in total. The van der Waals surface area contributed by atoms with Gasteiger partial charge in [0.05, 0.1) is 29.2 Å². The minimum atomic E-state index is -5.01. The monoisotopic (exact) mass is 732 g/mol. The Morgan fingerprint density at radius 3 is 2.44 bits per heavy atom. The molecule has 1 aliphatic heterocycles. The lowest BCUT2D eigenvalue weighted by atomic mass is 9.68. The number of likely N-dealkylation sites (tertiary alicyclic amines) is 1. The van der Waals surface area contributed by atoms with E-state index in [2.05, 4.69) is 51.7 Å². The van der Waals surface area contributed by atoms with Gasteiger partial charge in [-0.05, 0) is 78.2 Å². The number of carbonyl (C=O) groups excluding carboxylic acids is 2. The van der Waals surface area contributed by atoms with Crippen LogP contribution >= 0.6 is 22.7 Å². The Bertz CT molecular complexity index is 1840. The summed E-state index contributed by atoms with van der Waals surface area (Å²) in [5.41, 5.74) is -0.431. The van der Waals surface area contributed by atoms with E-state index in [0.717, 1.165) is 35.7 Å². The van der Waals surface area contributed by atoms with Gasteiger partial charge >= 0.3 is 12.4 Å². The summed E-state index contributed by atoms with van der Waals surface area (Å²) in [4.78, 5) is 34.0. The lowest BCUT2D eigenvalue weighted by molar-refractivity contribution is -0.143. The fourth-order valence-electron chi connectivity index (χ4n) is 6.87. The number of carbonyl (C=O) groups is 2. The molecule has 2 N–H and O–H groups in total.